The minimum Gasteiger partial charge on any atom is -0.489 e. The molecule has 1 saturated heterocycles. The second-order valence-electron chi connectivity index (χ2n) is 8.04. The smallest absolute Gasteiger partial charge is 0.243 e. The third-order valence-corrected chi connectivity index (χ3v) is 5.64. The van der Waals surface area contributed by atoms with Crippen molar-refractivity contribution in [1.29, 1.82) is 0 Å². The zero-order valence-corrected chi connectivity index (χ0v) is 18.7. The van der Waals surface area contributed by atoms with Crippen molar-refractivity contribution in [3.63, 3.8) is 0 Å². The molecule has 0 radical (unpaired) electrons. The molecule has 0 aliphatic carbocycles. The van der Waals surface area contributed by atoms with Gasteiger partial charge in [0.1, 0.15) is 12.4 Å². The van der Waals surface area contributed by atoms with Crippen molar-refractivity contribution in [2.24, 2.45) is 0 Å². The van der Waals surface area contributed by atoms with Gasteiger partial charge in [0.25, 0.3) is 0 Å². The lowest BCUT2D eigenvalue weighted by atomic mass is 10.1. The summed E-state index contributed by atoms with van der Waals surface area (Å²) < 4.78 is 11.6. The molecular weight excluding hydrogens is 406 g/mol. The molecule has 0 saturated carbocycles. The summed E-state index contributed by atoms with van der Waals surface area (Å²) in [4.78, 5) is 13.6. The van der Waals surface area contributed by atoms with Crippen LogP contribution in [0.1, 0.15) is 25.7 Å². The van der Waals surface area contributed by atoms with E-state index in [1.54, 1.807) is 5.48 Å². The summed E-state index contributed by atoms with van der Waals surface area (Å²) in [5, 5.41) is 14.4. The van der Waals surface area contributed by atoms with E-state index in [-0.39, 0.29) is 5.91 Å². The Balaban J connectivity index is 1.51. The van der Waals surface area contributed by atoms with Crippen LogP contribution in [0.5, 0.6) is 5.75 Å². The average Bonchev–Trinajstić information content (AvgIpc) is 2.84. The van der Waals surface area contributed by atoms with E-state index in [0.717, 1.165) is 76.3 Å². The van der Waals surface area contributed by atoms with Crippen molar-refractivity contribution < 1.29 is 19.5 Å². The van der Waals surface area contributed by atoms with Gasteiger partial charge < -0.3 is 14.8 Å². The van der Waals surface area contributed by atoms with Gasteiger partial charge in [-0.15, -0.1) is 0 Å². The highest BCUT2D eigenvalue weighted by Crippen LogP contribution is 2.25. The zero-order chi connectivity index (χ0) is 22.4. The van der Waals surface area contributed by atoms with E-state index in [4.69, 9.17) is 14.7 Å². The fraction of sp³-hybridized carbons (Fsp3) is 0.480. The highest BCUT2D eigenvalue weighted by Gasteiger charge is 2.09. The number of morpholine rings is 1. The number of amides is 1. The number of hydroxylamine groups is 1. The predicted octanol–water partition coefficient (Wildman–Crippen LogP) is 3.13. The summed E-state index contributed by atoms with van der Waals surface area (Å²) in [6.45, 7) is 6.85. The fourth-order valence-corrected chi connectivity index (χ4v) is 3.78. The molecule has 1 aliphatic heterocycles. The Labute approximate surface area is 190 Å². The normalized spacial score (nSPS) is 15.1. The number of hydrogen-bond donors (Lipinski definition) is 3. The third kappa shape index (κ3) is 8.24. The molecule has 1 aliphatic rings. The monoisotopic (exact) mass is 441 g/mol. The van der Waals surface area contributed by atoms with Crippen LogP contribution in [0, 0.1) is 0 Å². The number of fused-ring (bicyclic) bond motifs is 1. The first-order valence-electron chi connectivity index (χ1n) is 11.5. The highest BCUT2D eigenvalue weighted by molar-refractivity contribution is 5.88. The van der Waals surface area contributed by atoms with Crippen molar-refractivity contribution in [1.82, 2.24) is 15.7 Å². The molecule has 32 heavy (non-hydrogen) atoms. The topological polar surface area (TPSA) is 83.1 Å². The molecule has 3 rings (SSSR count). The van der Waals surface area contributed by atoms with Crippen LogP contribution in [0.25, 0.3) is 10.8 Å². The van der Waals surface area contributed by atoms with Crippen LogP contribution < -0.4 is 15.5 Å². The lowest BCUT2D eigenvalue weighted by molar-refractivity contribution is -0.129. The van der Waals surface area contributed by atoms with Crippen molar-refractivity contribution in [2.45, 2.75) is 25.7 Å². The van der Waals surface area contributed by atoms with E-state index < -0.39 is 0 Å². The van der Waals surface area contributed by atoms with Crippen molar-refractivity contribution >= 4 is 16.7 Å². The summed E-state index contributed by atoms with van der Waals surface area (Å²) in [7, 11) is 0. The van der Waals surface area contributed by atoms with E-state index in [9.17, 15) is 4.79 Å². The van der Waals surface area contributed by atoms with Crippen LogP contribution in [-0.2, 0) is 9.53 Å². The summed E-state index contributed by atoms with van der Waals surface area (Å²) >= 11 is 0. The number of carbonyl (C=O) groups is 1. The molecular formula is C25H35N3O4. The minimum absolute atomic E-state index is 0.335. The van der Waals surface area contributed by atoms with Gasteiger partial charge in [0.05, 0.1) is 13.2 Å². The summed E-state index contributed by atoms with van der Waals surface area (Å²) in [6.07, 6.45) is 5.05. The lowest BCUT2D eigenvalue weighted by Crippen LogP contribution is -2.40. The molecule has 1 amide bonds. The van der Waals surface area contributed by atoms with Crippen LogP contribution >= 0.6 is 0 Å². The molecule has 174 valence electrons. The molecule has 1 fully saturated rings. The number of carbonyl (C=O) groups excluding carboxylic acids is 1. The number of hydrogen-bond acceptors (Lipinski definition) is 6. The van der Waals surface area contributed by atoms with Crippen molar-refractivity contribution in [3.8, 4) is 5.75 Å². The Morgan fingerprint density at radius 3 is 2.78 bits per heavy atom. The van der Waals surface area contributed by atoms with Crippen LogP contribution in [0.2, 0.25) is 0 Å². The quantitative estimate of drug-likeness (QED) is 0.192. The Morgan fingerprint density at radius 2 is 1.94 bits per heavy atom. The Hall–Kier alpha value is -2.45. The van der Waals surface area contributed by atoms with Crippen LogP contribution in [0.4, 0.5) is 0 Å². The van der Waals surface area contributed by atoms with Gasteiger partial charge in [-0.1, -0.05) is 42.5 Å². The van der Waals surface area contributed by atoms with Gasteiger partial charge in [-0.3, -0.25) is 14.9 Å². The second kappa shape index (κ2) is 13.9. The summed E-state index contributed by atoms with van der Waals surface area (Å²) in [6, 6.07) is 14.4. The molecule has 0 aromatic heterocycles. The van der Waals surface area contributed by atoms with Gasteiger partial charge in [-0.25, -0.2) is 5.48 Å². The number of unbranched alkanes of at least 4 members (excludes halogenated alkanes) is 2. The van der Waals surface area contributed by atoms with Crippen LogP contribution in [0.3, 0.4) is 0 Å². The van der Waals surface area contributed by atoms with Crippen LogP contribution in [-0.4, -0.2) is 68.6 Å². The first kappa shape index (κ1) is 24.2. The Kier molecular flexibility index (Phi) is 10.5. The first-order chi connectivity index (χ1) is 15.8. The predicted molar refractivity (Wildman–Crippen MR) is 126 cm³/mol. The van der Waals surface area contributed by atoms with E-state index in [0.29, 0.717) is 13.0 Å². The van der Waals surface area contributed by atoms with E-state index in [1.807, 2.05) is 24.3 Å². The molecule has 0 spiro atoms. The van der Waals surface area contributed by atoms with Gasteiger partial charge in [0.2, 0.25) is 5.91 Å². The largest absolute Gasteiger partial charge is 0.489 e. The number of ether oxygens (including phenoxy) is 2. The maximum atomic E-state index is 11.2. The number of benzene rings is 2. The molecule has 1 heterocycles. The third-order valence-electron chi connectivity index (χ3n) is 5.64. The standard InChI is InChI=1S/C25H35N3O4/c29-25(27-30)12-3-1-2-7-21(19-26-13-14-28-15-17-31-18-16-28)20-32-24-11-6-9-22-8-4-5-10-23(22)24/h4-11,26,30H,1-3,12-20H2,(H,27,29). The van der Waals surface area contributed by atoms with Crippen molar-refractivity contribution in [2.75, 3.05) is 52.5 Å². The number of rotatable bonds is 13. The second-order valence-corrected chi connectivity index (χ2v) is 8.04. The van der Waals surface area contributed by atoms with E-state index in [2.05, 4.69) is 34.5 Å². The maximum Gasteiger partial charge on any atom is 0.243 e. The molecule has 3 N–H and O–H groups in total. The molecule has 2 aromatic carbocycles. The molecule has 7 nitrogen and oxygen atoms in total. The van der Waals surface area contributed by atoms with Crippen LogP contribution in [0.15, 0.2) is 54.1 Å². The summed E-state index contributed by atoms with van der Waals surface area (Å²) in [5.41, 5.74) is 2.88. The van der Waals surface area contributed by atoms with E-state index in [1.165, 1.54) is 11.0 Å². The lowest BCUT2D eigenvalue weighted by Gasteiger charge is -2.26. The highest BCUT2D eigenvalue weighted by atomic mass is 16.5. The zero-order valence-electron chi connectivity index (χ0n) is 18.7. The fourth-order valence-electron chi connectivity index (χ4n) is 3.78. The molecule has 0 unspecified atom stereocenters. The average molecular weight is 442 g/mol. The molecule has 7 heteroatoms. The van der Waals surface area contributed by atoms with Gasteiger partial charge in [0.15, 0.2) is 0 Å². The molecule has 0 bridgehead atoms. The number of nitrogens with zero attached hydrogens (tertiary/aromatic N) is 1. The SMILES string of the molecule is O=C(CCCCC=C(CNCCN1CCOCC1)COc1cccc2ccccc12)NO. The number of allylic oxidation sites excluding steroid dienone is 1. The van der Waals surface area contributed by atoms with Gasteiger partial charge in [0, 0.05) is 44.5 Å². The molecule has 0 atom stereocenters. The maximum absolute atomic E-state index is 11.2. The first-order valence-corrected chi connectivity index (χ1v) is 11.5. The Bertz CT molecular complexity index is 860. The van der Waals surface area contributed by atoms with Gasteiger partial charge in [-0.2, -0.15) is 0 Å². The molecule has 2 aromatic rings. The van der Waals surface area contributed by atoms with E-state index >= 15 is 0 Å². The van der Waals surface area contributed by atoms with Gasteiger partial charge >= 0.3 is 0 Å². The summed E-state index contributed by atoms with van der Waals surface area (Å²) in [5.74, 6) is 0.556. The van der Waals surface area contributed by atoms with Crippen molar-refractivity contribution in [3.05, 3.63) is 54.1 Å². The Morgan fingerprint density at radius 1 is 1.12 bits per heavy atom. The number of nitrogens with one attached hydrogen (secondary N) is 2. The minimum atomic E-state index is -0.335. The van der Waals surface area contributed by atoms with Gasteiger partial charge in [-0.05, 0) is 36.3 Å².